The lowest BCUT2D eigenvalue weighted by Gasteiger charge is -2.11. The Bertz CT molecular complexity index is 1410. The molecule has 0 radical (unpaired) electrons. The number of aromatic nitrogens is 6. The molecule has 0 spiro atoms. The van der Waals surface area contributed by atoms with Crippen LogP contribution in [-0.2, 0) is 6.54 Å². The van der Waals surface area contributed by atoms with E-state index in [0.717, 1.165) is 34.9 Å². The first kappa shape index (κ1) is 22.5. The maximum atomic E-state index is 13.5. The zero-order chi connectivity index (χ0) is 24.5. The van der Waals surface area contributed by atoms with Crippen molar-refractivity contribution in [3.05, 3.63) is 59.4 Å². The van der Waals surface area contributed by atoms with Gasteiger partial charge in [-0.3, -0.25) is 0 Å². The number of anilines is 2. The molecule has 1 N–H and O–H groups in total. The summed E-state index contributed by atoms with van der Waals surface area (Å²) in [7, 11) is 0. The van der Waals surface area contributed by atoms with Crippen molar-refractivity contribution >= 4 is 11.6 Å². The van der Waals surface area contributed by atoms with Crippen molar-refractivity contribution in [1.82, 2.24) is 29.5 Å². The first-order valence-electron chi connectivity index (χ1n) is 11.4. The summed E-state index contributed by atoms with van der Waals surface area (Å²) >= 11 is 0. The highest BCUT2D eigenvalue weighted by Gasteiger charge is 2.26. The van der Waals surface area contributed by atoms with Gasteiger partial charge in [-0.1, -0.05) is 0 Å². The molecule has 0 amide bonds. The molecule has 0 unspecified atom stereocenters. The monoisotopic (exact) mass is 472 g/mol. The summed E-state index contributed by atoms with van der Waals surface area (Å²) in [5, 5.41) is 21.6. The lowest BCUT2D eigenvalue weighted by molar-refractivity contribution is 0.362. The number of halogens is 1. The van der Waals surface area contributed by atoms with Gasteiger partial charge in [-0.25, -0.2) is 23.7 Å². The zero-order valence-electron chi connectivity index (χ0n) is 19.8. The van der Waals surface area contributed by atoms with E-state index in [1.54, 1.807) is 22.9 Å². The van der Waals surface area contributed by atoms with Crippen molar-refractivity contribution in [2.24, 2.45) is 5.92 Å². The highest BCUT2D eigenvalue weighted by Crippen LogP contribution is 2.35. The number of nitrogens with one attached hydrogen (secondary N) is 1. The molecule has 0 atom stereocenters. The number of hydrogen-bond acceptors (Lipinski definition) is 7. The summed E-state index contributed by atoms with van der Waals surface area (Å²) in [4.78, 5) is 8.79. The molecule has 178 valence electrons. The topological polar surface area (TPSA) is 106 Å². The maximum absolute atomic E-state index is 13.5. The van der Waals surface area contributed by atoms with E-state index in [2.05, 4.69) is 20.4 Å². The third-order valence-electron chi connectivity index (χ3n) is 6.06. The van der Waals surface area contributed by atoms with Crippen molar-refractivity contribution in [2.45, 2.75) is 40.2 Å². The Kier molecular flexibility index (Phi) is 5.91. The molecule has 35 heavy (non-hydrogen) atoms. The summed E-state index contributed by atoms with van der Waals surface area (Å²) in [5.41, 5.74) is 4.04. The molecular weight excluding hydrogens is 447 g/mol. The Hall–Kier alpha value is -4.26. The molecule has 3 heterocycles. The van der Waals surface area contributed by atoms with Crippen LogP contribution in [0.25, 0.3) is 17.1 Å². The Morgan fingerprint density at radius 2 is 1.91 bits per heavy atom. The molecular formula is C25H25FN8O. The molecule has 10 heteroatoms. The third kappa shape index (κ3) is 4.57. The standard InChI is InChI=1S/C25H25FN8O/c1-15-23(19-6-8-20(26)9-7-19)32-33(13-18-4-5-18)25(15)30-21-12-22(29-14-28-21)34-17(3)24(16(2)31-34)35-11-10-27/h6-9,12,14,18H,4-5,11,13H2,1-3H3,(H,28,29,30). The Morgan fingerprint density at radius 3 is 2.63 bits per heavy atom. The van der Waals surface area contributed by atoms with E-state index in [4.69, 9.17) is 15.1 Å². The Labute approximate surface area is 202 Å². The molecule has 1 aliphatic rings. The first-order valence-corrected chi connectivity index (χ1v) is 11.4. The molecule has 1 fully saturated rings. The van der Waals surface area contributed by atoms with Crippen LogP contribution in [0.3, 0.4) is 0 Å². The van der Waals surface area contributed by atoms with E-state index in [-0.39, 0.29) is 12.4 Å². The van der Waals surface area contributed by atoms with Gasteiger partial charge in [-0.2, -0.15) is 15.5 Å². The van der Waals surface area contributed by atoms with Crippen molar-refractivity contribution in [3.63, 3.8) is 0 Å². The van der Waals surface area contributed by atoms with Crippen molar-refractivity contribution in [3.8, 4) is 28.9 Å². The summed E-state index contributed by atoms with van der Waals surface area (Å²) < 4.78 is 22.7. The van der Waals surface area contributed by atoms with E-state index >= 15 is 0 Å². The van der Waals surface area contributed by atoms with Gasteiger partial charge in [0.1, 0.15) is 35.5 Å². The number of nitriles is 1. The fourth-order valence-electron chi connectivity index (χ4n) is 4.09. The van der Waals surface area contributed by atoms with E-state index in [1.807, 2.05) is 31.5 Å². The Balaban J connectivity index is 1.48. The Morgan fingerprint density at radius 1 is 1.14 bits per heavy atom. The number of rotatable bonds is 8. The second kappa shape index (κ2) is 9.18. The van der Waals surface area contributed by atoms with Gasteiger partial charge in [0.15, 0.2) is 18.2 Å². The molecule has 0 saturated heterocycles. The molecule has 4 aromatic rings. The van der Waals surface area contributed by atoms with Crippen LogP contribution in [0.15, 0.2) is 36.7 Å². The fraction of sp³-hybridized carbons (Fsp3) is 0.320. The third-order valence-corrected chi connectivity index (χ3v) is 6.06. The molecule has 1 saturated carbocycles. The minimum atomic E-state index is -0.277. The minimum absolute atomic E-state index is 0.0510. The second-order valence-corrected chi connectivity index (χ2v) is 8.70. The van der Waals surface area contributed by atoms with Crippen LogP contribution in [0.1, 0.15) is 29.8 Å². The SMILES string of the molecule is Cc1nn(-c2cc(Nc3c(C)c(-c4ccc(F)cc4)nn3CC3CC3)ncn2)c(C)c1OCC#N. The van der Waals surface area contributed by atoms with E-state index in [1.165, 1.54) is 31.3 Å². The number of benzene rings is 1. The summed E-state index contributed by atoms with van der Waals surface area (Å²) in [6.07, 6.45) is 3.85. The average Bonchev–Trinajstić information content (AvgIpc) is 3.56. The van der Waals surface area contributed by atoms with Crippen LogP contribution in [0.4, 0.5) is 16.0 Å². The zero-order valence-corrected chi connectivity index (χ0v) is 19.8. The van der Waals surface area contributed by atoms with Gasteiger partial charge in [0.2, 0.25) is 0 Å². The van der Waals surface area contributed by atoms with Crippen molar-refractivity contribution in [2.75, 3.05) is 11.9 Å². The molecule has 5 rings (SSSR count). The first-order chi connectivity index (χ1) is 16.9. The van der Waals surface area contributed by atoms with Crippen LogP contribution < -0.4 is 10.1 Å². The van der Waals surface area contributed by atoms with Gasteiger partial charge in [0, 0.05) is 23.7 Å². The smallest absolute Gasteiger partial charge is 0.174 e. The van der Waals surface area contributed by atoms with Crippen LogP contribution in [0, 0.1) is 43.8 Å². The van der Waals surface area contributed by atoms with Crippen molar-refractivity contribution < 1.29 is 9.13 Å². The molecule has 3 aromatic heterocycles. The van der Waals surface area contributed by atoms with Crippen LogP contribution >= 0.6 is 0 Å². The number of hydrogen-bond donors (Lipinski definition) is 1. The van der Waals surface area contributed by atoms with Gasteiger partial charge in [0.25, 0.3) is 0 Å². The highest BCUT2D eigenvalue weighted by atomic mass is 19.1. The highest BCUT2D eigenvalue weighted by molar-refractivity contribution is 5.71. The van der Waals surface area contributed by atoms with Gasteiger partial charge < -0.3 is 10.1 Å². The largest absolute Gasteiger partial charge is 0.475 e. The second-order valence-electron chi connectivity index (χ2n) is 8.70. The number of aryl methyl sites for hydroxylation is 1. The average molecular weight is 473 g/mol. The summed E-state index contributed by atoms with van der Waals surface area (Å²) in [5.74, 6) is 2.90. The molecule has 1 aromatic carbocycles. The summed E-state index contributed by atoms with van der Waals surface area (Å²) in [6, 6.07) is 10.2. The summed E-state index contributed by atoms with van der Waals surface area (Å²) in [6.45, 7) is 6.45. The maximum Gasteiger partial charge on any atom is 0.174 e. The van der Waals surface area contributed by atoms with Gasteiger partial charge in [-0.05, 0) is 63.8 Å². The van der Waals surface area contributed by atoms with Crippen LogP contribution in [0.5, 0.6) is 5.75 Å². The normalized spacial score (nSPS) is 13.0. The van der Waals surface area contributed by atoms with Crippen LogP contribution in [-0.4, -0.2) is 36.1 Å². The van der Waals surface area contributed by atoms with E-state index in [0.29, 0.717) is 29.0 Å². The molecule has 0 aliphatic heterocycles. The number of nitrogens with zero attached hydrogens (tertiary/aromatic N) is 7. The molecule has 0 bridgehead atoms. The molecule has 9 nitrogen and oxygen atoms in total. The fourth-order valence-corrected chi connectivity index (χ4v) is 4.09. The molecule has 1 aliphatic carbocycles. The predicted octanol–water partition coefficient (Wildman–Crippen LogP) is 4.65. The minimum Gasteiger partial charge on any atom is -0.475 e. The van der Waals surface area contributed by atoms with Gasteiger partial charge in [0.05, 0.1) is 11.4 Å². The lowest BCUT2D eigenvalue weighted by Crippen LogP contribution is -2.09. The van der Waals surface area contributed by atoms with Crippen molar-refractivity contribution in [1.29, 1.82) is 5.26 Å². The van der Waals surface area contributed by atoms with E-state index in [9.17, 15) is 4.39 Å². The van der Waals surface area contributed by atoms with Gasteiger partial charge in [-0.15, -0.1) is 0 Å². The van der Waals surface area contributed by atoms with E-state index < -0.39 is 0 Å². The van der Waals surface area contributed by atoms with Crippen LogP contribution in [0.2, 0.25) is 0 Å². The quantitative estimate of drug-likeness (QED) is 0.398. The van der Waals surface area contributed by atoms with Gasteiger partial charge >= 0.3 is 0 Å². The predicted molar refractivity (Wildman–Crippen MR) is 128 cm³/mol. The lowest BCUT2D eigenvalue weighted by atomic mass is 10.1. The number of ether oxygens (including phenoxy) is 1.